The molecule has 0 saturated heterocycles. The number of nitrogens with zero attached hydrogens (tertiary/aromatic N) is 2. The van der Waals surface area contributed by atoms with E-state index in [-0.39, 0.29) is 6.04 Å². The first kappa shape index (κ1) is 14.2. The average Bonchev–Trinajstić information content (AvgIpc) is 2.76. The highest BCUT2D eigenvalue weighted by Crippen LogP contribution is 2.03. The monoisotopic (exact) mass is 241 g/mol. The molecule has 1 heterocycles. The fraction of sp³-hybridized carbons (Fsp3) is 0.750. The molecule has 0 aliphatic carbocycles. The number of hydrogen-bond acceptors (Lipinski definition) is 4. The Bertz CT molecular complexity index is 302. The number of ether oxygens (including phenoxy) is 2. The van der Waals surface area contributed by atoms with Gasteiger partial charge in [0.1, 0.15) is 0 Å². The molecule has 98 valence electrons. The van der Waals surface area contributed by atoms with Gasteiger partial charge in [0.25, 0.3) is 0 Å². The molecule has 1 unspecified atom stereocenters. The molecule has 1 aromatic heterocycles. The SMILES string of the molecule is CCC(N)Cc1cnn(CCOCCOC)c1. The summed E-state index contributed by atoms with van der Waals surface area (Å²) in [7, 11) is 1.67. The summed E-state index contributed by atoms with van der Waals surface area (Å²) >= 11 is 0. The Morgan fingerprint density at radius 1 is 1.41 bits per heavy atom. The lowest BCUT2D eigenvalue weighted by molar-refractivity contribution is 0.0654. The minimum atomic E-state index is 0.227. The standard InChI is InChI=1S/C12H23N3O2/c1-3-12(13)8-11-9-14-15(10-11)4-5-17-7-6-16-2/h9-10,12H,3-8,13H2,1-2H3. The first-order valence-electron chi connectivity index (χ1n) is 6.09. The Morgan fingerprint density at radius 2 is 2.24 bits per heavy atom. The highest BCUT2D eigenvalue weighted by atomic mass is 16.5. The summed E-state index contributed by atoms with van der Waals surface area (Å²) < 4.78 is 12.2. The van der Waals surface area contributed by atoms with E-state index in [1.54, 1.807) is 7.11 Å². The molecule has 0 aromatic carbocycles. The maximum absolute atomic E-state index is 5.89. The van der Waals surface area contributed by atoms with E-state index in [9.17, 15) is 0 Å². The van der Waals surface area contributed by atoms with Crippen molar-refractivity contribution >= 4 is 0 Å². The van der Waals surface area contributed by atoms with Crippen LogP contribution in [0.5, 0.6) is 0 Å². The van der Waals surface area contributed by atoms with Crippen molar-refractivity contribution in [2.75, 3.05) is 26.9 Å². The molecule has 1 atom stereocenters. The van der Waals surface area contributed by atoms with Crippen molar-refractivity contribution in [3.05, 3.63) is 18.0 Å². The minimum absolute atomic E-state index is 0.227. The van der Waals surface area contributed by atoms with Crippen LogP contribution in [-0.4, -0.2) is 42.8 Å². The molecule has 0 amide bonds. The van der Waals surface area contributed by atoms with Gasteiger partial charge in [-0.3, -0.25) is 4.68 Å². The van der Waals surface area contributed by atoms with E-state index in [2.05, 4.69) is 12.0 Å². The Labute approximate surface area is 103 Å². The van der Waals surface area contributed by atoms with E-state index in [1.807, 2.05) is 17.1 Å². The molecule has 0 spiro atoms. The van der Waals surface area contributed by atoms with E-state index in [0.717, 1.165) is 19.4 Å². The molecule has 0 aliphatic rings. The maximum Gasteiger partial charge on any atom is 0.0701 e. The first-order chi connectivity index (χ1) is 8.26. The Hall–Kier alpha value is -0.910. The van der Waals surface area contributed by atoms with Crippen LogP contribution in [0.1, 0.15) is 18.9 Å². The second kappa shape index (κ2) is 8.22. The molecule has 5 heteroatoms. The van der Waals surface area contributed by atoms with Crippen molar-refractivity contribution in [3.8, 4) is 0 Å². The van der Waals surface area contributed by atoms with Gasteiger partial charge >= 0.3 is 0 Å². The summed E-state index contributed by atoms with van der Waals surface area (Å²) in [5.41, 5.74) is 7.08. The van der Waals surface area contributed by atoms with Gasteiger partial charge in [0.05, 0.1) is 32.6 Å². The normalized spacial score (nSPS) is 12.9. The summed E-state index contributed by atoms with van der Waals surface area (Å²) in [4.78, 5) is 0. The molecule has 0 bridgehead atoms. The van der Waals surface area contributed by atoms with E-state index < -0.39 is 0 Å². The van der Waals surface area contributed by atoms with Gasteiger partial charge < -0.3 is 15.2 Å². The van der Waals surface area contributed by atoms with Gasteiger partial charge in [-0.05, 0) is 18.4 Å². The van der Waals surface area contributed by atoms with Crippen LogP contribution in [0.15, 0.2) is 12.4 Å². The largest absolute Gasteiger partial charge is 0.382 e. The summed E-state index contributed by atoms with van der Waals surface area (Å²) in [6.45, 7) is 4.79. The third kappa shape index (κ3) is 5.81. The quantitative estimate of drug-likeness (QED) is 0.650. The van der Waals surface area contributed by atoms with Crippen molar-refractivity contribution in [2.45, 2.75) is 32.4 Å². The molecule has 0 fully saturated rings. The van der Waals surface area contributed by atoms with E-state index in [4.69, 9.17) is 15.2 Å². The van der Waals surface area contributed by atoms with Crippen molar-refractivity contribution in [1.82, 2.24) is 9.78 Å². The van der Waals surface area contributed by atoms with Gasteiger partial charge in [0.15, 0.2) is 0 Å². The predicted octanol–water partition coefficient (Wildman–Crippen LogP) is 0.826. The summed E-state index contributed by atoms with van der Waals surface area (Å²) in [6.07, 6.45) is 5.80. The molecular formula is C12H23N3O2. The zero-order valence-corrected chi connectivity index (χ0v) is 10.8. The van der Waals surface area contributed by atoms with Gasteiger partial charge in [-0.1, -0.05) is 6.92 Å². The second-order valence-electron chi connectivity index (χ2n) is 4.09. The summed E-state index contributed by atoms with van der Waals surface area (Å²) in [5, 5.41) is 4.27. The Kier molecular flexibility index (Phi) is 6.84. The molecule has 2 N–H and O–H groups in total. The first-order valence-corrected chi connectivity index (χ1v) is 6.09. The topological polar surface area (TPSA) is 62.3 Å². The van der Waals surface area contributed by atoms with Crippen molar-refractivity contribution in [1.29, 1.82) is 0 Å². The molecule has 0 radical (unpaired) electrons. The van der Waals surface area contributed by atoms with Gasteiger partial charge in [0.2, 0.25) is 0 Å². The van der Waals surface area contributed by atoms with Gasteiger partial charge in [-0.2, -0.15) is 5.10 Å². The third-order valence-electron chi connectivity index (χ3n) is 2.61. The van der Waals surface area contributed by atoms with Crippen LogP contribution in [0.3, 0.4) is 0 Å². The van der Waals surface area contributed by atoms with Crippen LogP contribution >= 0.6 is 0 Å². The zero-order chi connectivity index (χ0) is 12.5. The van der Waals surface area contributed by atoms with Gasteiger partial charge in [-0.25, -0.2) is 0 Å². The fourth-order valence-electron chi connectivity index (χ4n) is 1.48. The Morgan fingerprint density at radius 3 is 2.94 bits per heavy atom. The van der Waals surface area contributed by atoms with E-state index in [0.29, 0.717) is 19.8 Å². The smallest absolute Gasteiger partial charge is 0.0701 e. The minimum Gasteiger partial charge on any atom is -0.382 e. The van der Waals surface area contributed by atoms with Crippen molar-refractivity contribution in [3.63, 3.8) is 0 Å². The molecule has 5 nitrogen and oxygen atoms in total. The third-order valence-corrected chi connectivity index (χ3v) is 2.61. The molecule has 1 aromatic rings. The van der Waals surface area contributed by atoms with E-state index in [1.165, 1.54) is 5.56 Å². The van der Waals surface area contributed by atoms with Crippen LogP contribution in [0, 0.1) is 0 Å². The molecular weight excluding hydrogens is 218 g/mol. The van der Waals surface area contributed by atoms with Crippen LogP contribution in [-0.2, 0) is 22.4 Å². The van der Waals surface area contributed by atoms with Crippen molar-refractivity contribution < 1.29 is 9.47 Å². The molecule has 17 heavy (non-hydrogen) atoms. The predicted molar refractivity (Wildman–Crippen MR) is 66.9 cm³/mol. The molecule has 0 aliphatic heterocycles. The van der Waals surface area contributed by atoms with Gasteiger partial charge in [0, 0.05) is 19.3 Å². The van der Waals surface area contributed by atoms with Crippen LogP contribution in [0.4, 0.5) is 0 Å². The average molecular weight is 241 g/mol. The number of nitrogens with two attached hydrogens (primary N) is 1. The summed E-state index contributed by atoms with van der Waals surface area (Å²) in [5.74, 6) is 0. The number of rotatable bonds is 9. The van der Waals surface area contributed by atoms with E-state index >= 15 is 0 Å². The van der Waals surface area contributed by atoms with Crippen LogP contribution < -0.4 is 5.73 Å². The Balaban J connectivity index is 2.21. The fourth-order valence-corrected chi connectivity index (χ4v) is 1.48. The number of methoxy groups -OCH3 is 1. The highest BCUT2D eigenvalue weighted by Gasteiger charge is 2.03. The van der Waals surface area contributed by atoms with Crippen molar-refractivity contribution in [2.24, 2.45) is 5.73 Å². The van der Waals surface area contributed by atoms with Crippen LogP contribution in [0.2, 0.25) is 0 Å². The molecule has 0 saturated carbocycles. The maximum atomic E-state index is 5.89. The van der Waals surface area contributed by atoms with Crippen LogP contribution in [0.25, 0.3) is 0 Å². The lowest BCUT2D eigenvalue weighted by atomic mass is 10.1. The highest BCUT2D eigenvalue weighted by molar-refractivity contribution is 5.05. The molecule has 1 rings (SSSR count). The lowest BCUT2D eigenvalue weighted by Gasteiger charge is -2.05. The number of hydrogen-bond donors (Lipinski definition) is 1. The lowest BCUT2D eigenvalue weighted by Crippen LogP contribution is -2.21. The van der Waals surface area contributed by atoms with Gasteiger partial charge in [-0.15, -0.1) is 0 Å². The summed E-state index contributed by atoms with van der Waals surface area (Å²) in [6, 6.07) is 0.227. The zero-order valence-electron chi connectivity index (χ0n) is 10.8. The second-order valence-corrected chi connectivity index (χ2v) is 4.09. The number of aromatic nitrogens is 2.